The molecule has 0 saturated heterocycles. The Balaban J connectivity index is 1.97. The Morgan fingerprint density at radius 3 is 1.76 bits per heavy atom. The van der Waals surface area contributed by atoms with E-state index < -0.39 is 27.3 Å². The minimum Gasteiger partial charge on any atom is -0.254 e. The maximum absolute atomic E-state index is 13.4. The zero-order valence-electron chi connectivity index (χ0n) is 17.2. The van der Waals surface area contributed by atoms with Crippen molar-refractivity contribution >= 4 is 21.8 Å². The molecule has 0 heterocycles. The van der Waals surface area contributed by atoms with Crippen molar-refractivity contribution in [3.63, 3.8) is 0 Å². The average molecular weight is 426 g/mol. The summed E-state index contributed by atoms with van der Waals surface area (Å²) < 4.78 is 29.9. The van der Waals surface area contributed by atoms with Crippen LogP contribution in [-0.4, -0.2) is 13.7 Å². The maximum Gasteiger partial charge on any atom is 0.125 e. The van der Waals surface area contributed by atoms with Crippen molar-refractivity contribution in [2.45, 2.75) is 48.3 Å². The Kier molecular flexibility index (Phi) is 6.83. The molecule has 3 aromatic rings. The van der Waals surface area contributed by atoms with Gasteiger partial charge >= 0.3 is 0 Å². The molecular formula is C24H27NO2S2. The monoisotopic (exact) mass is 425 g/mol. The van der Waals surface area contributed by atoms with Gasteiger partial charge in [-0.3, -0.25) is 4.21 Å². The minimum absolute atomic E-state index is 0.318. The SMILES string of the molecule is Cc1ccc([S@@](=O)N[C@@](C)(c2ccccc2)[C@H](C)[S@@](=O)c2ccc(C)cc2)cc1. The molecule has 4 atom stereocenters. The summed E-state index contributed by atoms with van der Waals surface area (Å²) >= 11 is 0. The van der Waals surface area contributed by atoms with Gasteiger partial charge in [0.25, 0.3) is 0 Å². The van der Waals surface area contributed by atoms with Crippen LogP contribution in [0.5, 0.6) is 0 Å². The predicted molar refractivity (Wildman–Crippen MR) is 122 cm³/mol. The molecule has 0 aliphatic rings. The molecule has 3 aromatic carbocycles. The third-order valence-corrected chi connectivity index (χ3v) is 8.46. The van der Waals surface area contributed by atoms with Crippen molar-refractivity contribution in [3.05, 3.63) is 95.6 Å². The van der Waals surface area contributed by atoms with Gasteiger partial charge in [0.2, 0.25) is 0 Å². The summed E-state index contributed by atoms with van der Waals surface area (Å²) in [6.07, 6.45) is 0. The van der Waals surface area contributed by atoms with Crippen LogP contribution in [0.3, 0.4) is 0 Å². The van der Waals surface area contributed by atoms with E-state index in [1.54, 1.807) is 0 Å². The molecule has 0 aliphatic heterocycles. The van der Waals surface area contributed by atoms with Crippen molar-refractivity contribution in [1.29, 1.82) is 0 Å². The fourth-order valence-electron chi connectivity index (χ4n) is 3.16. The summed E-state index contributed by atoms with van der Waals surface area (Å²) in [4.78, 5) is 1.47. The van der Waals surface area contributed by atoms with E-state index >= 15 is 0 Å². The summed E-state index contributed by atoms with van der Waals surface area (Å²) in [5.74, 6) is 0. The molecule has 0 spiro atoms. The lowest BCUT2D eigenvalue weighted by molar-refractivity contribution is 0.434. The van der Waals surface area contributed by atoms with Crippen LogP contribution in [0.25, 0.3) is 0 Å². The summed E-state index contributed by atoms with van der Waals surface area (Å²) in [6.45, 7) is 7.94. The van der Waals surface area contributed by atoms with Crippen LogP contribution in [-0.2, 0) is 27.3 Å². The van der Waals surface area contributed by atoms with Crippen LogP contribution >= 0.6 is 0 Å². The Hall–Kier alpha value is -2.08. The highest BCUT2D eigenvalue weighted by Crippen LogP contribution is 2.31. The molecule has 0 aliphatic carbocycles. The first kappa shape index (κ1) is 21.6. The van der Waals surface area contributed by atoms with Crippen LogP contribution < -0.4 is 4.72 Å². The van der Waals surface area contributed by atoms with E-state index in [9.17, 15) is 8.42 Å². The van der Waals surface area contributed by atoms with Gasteiger partial charge in [-0.15, -0.1) is 0 Å². The highest BCUT2D eigenvalue weighted by atomic mass is 32.2. The fourth-order valence-corrected chi connectivity index (χ4v) is 5.86. The van der Waals surface area contributed by atoms with Crippen LogP contribution in [0.1, 0.15) is 30.5 Å². The van der Waals surface area contributed by atoms with E-state index in [1.807, 2.05) is 107 Å². The molecule has 0 fully saturated rings. The highest BCUT2D eigenvalue weighted by Gasteiger charge is 2.38. The molecule has 0 aromatic heterocycles. The highest BCUT2D eigenvalue weighted by molar-refractivity contribution is 7.86. The molecule has 29 heavy (non-hydrogen) atoms. The number of hydrogen-bond donors (Lipinski definition) is 1. The van der Waals surface area contributed by atoms with Crippen LogP contribution in [0.2, 0.25) is 0 Å². The Labute approximate surface area is 178 Å². The zero-order chi connectivity index (χ0) is 21.0. The lowest BCUT2D eigenvalue weighted by Gasteiger charge is -2.36. The molecule has 0 bridgehead atoms. The molecule has 0 saturated carbocycles. The molecule has 3 nitrogen and oxygen atoms in total. The second-order valence-corrected chi connectivity index (χ2v) is 10.5. The van der Waals surface area contributed by atoms with Gasteiger partial charge in [-0.2, -0.15) is 0 Å². The predicted octanol–water partition coefficient (Wildman–Crippen LogP) is 5.03. The molecule has 5 heteroatoms. The Morgan fingerprint density at radius 2 is 1.24 bits per heavy atom. The Morgan fingerprint density at radius 1 is 0.759 bits per heavy atom. The van der Waals surface area contributed by atoms with Crippen molar-refractivity contribution in [2.75, 3.05) is 0 Å². The molecule has 3 rings (SSSR count). The summed E-state index contributed by atoms with van der Waals surface area (Å²) in [5, 5.41) is -0.318. The topological polar surface area (TPSA) is 46.2 Å². The van der Waals surface area contributed by atoms with E-state index in [-0.39, 0.29) is 5.25 Å². The van der Waals surface area contributed by atoms with Gasteiger partial charge in [0.1, 0.15) is 11.0 Å². The summed E-state index contributed by atoms with van der Waals surface area (Å²) in [5.41, 5.74) is 2.44. The number of aryl methyl sites for hydroxylation is 2. The smallest absolute Gasteiger partial charge is 0.125 e. The van der Waals surface area contributed by atoms with Crippen LogP contribution in [0, 0.1) is 13.8 Å². The molecule has 152 valence electrons. The fraction of sp³-hybridized carbons (Fsp3) is 0.250. The lowest BCUT2D eigenvalue weighted by atomic mass is 9.90. The number of rotatable bonds is 7. The van der Waals surface area contributed by atoms with E-state index in [0.717, 1.165) is 21.6 Å². The van der Waals surface area contributed by atoms with E-state index in [0.29, 0.717) is 4.90 Å². The van der Waals surface area contributed by atoms with E-state index in [4.69, 9.17) is 0 Å². The van der Waals surface area contributed by atoms with Crippen LogP contribution in [0.4, 0.5) is 0 Å². The maximum atomic E-state index is 13.4. The van der Waals surface area contributed by atoms with Gasteiger partial charge < -0.3 is 0 Å². The van der Waals surface area contributed by atoms with E-state index in [1.165, 1.54) is 0 Å². The van der Waals surface area contributed by atoms with Crippen molar-refractivity contribution in [2.24, 2.45) is 0 Å². The number of nitrogens with one attached hydrogen (secondary N) is 1. The lowest BCUT2D eigenvalue weighted by Crippen LogP contribution is -2.50. The first-order valence-corrected chi connectivity index (χ1v) is 12.0. The first-order chi connectivity index (χ1) is 13.8. The third-order valence-electron chi connectivity index (χ3n) is 5.30. The second-order valence-electron chi connectivity index (χ2n) is 7.50. The quantitative estimate of drug-likeness (QED) is 0.577. The molecule has 1 N–H and O–H groups in total. The molecular weight excluding hydrogens is 398 g/mol. The molecule has 0 radical (unpaired) electrons. The first-order valence-electron chi connectivity index (χ1n) is 9.60. The van der Waals surface area contributed by atoms with Crippen molar-refractivity contribution < 1.29 is 8.42 Å². The van der Waals surface area contributed by atoms with Crippen molar-refractivity contribution in [3.8, 4) is 0 Å². The van der Waals surface area contributed by atoms with Gasteiger partial charge in [-0.05, 0) is 57.5 Å². The van der Waals surface area contributed by atoms with E-state index in [2.05, 4.69) is 4.72 Å². The number of benzene rings is 3. The zero-order valence-corrected chi connectivity index (χ0v) is 18.8. The summed E-state index contributed by atoms with van der Waals surface area (Å²) in [7, 11) is -2.72. The largest absolute Gasteiger partial charge is 0.254 e. The molecule has 0 amide bonds. The Bertz CT molecular complexity index is 1000. The van der Waals surface area contributed by atoms with Gasteiger partial charge in [0, 0.05) is 4.90 Å². The second kappa shape index (κ2) is 9.16. The normalized spacial score (nSPS) is 16.6. The molecule has 0 unspecified atom stereocenters. The van der Waals surface area contributed by atoms with Gasteiger partial charge in [-0.1, -0.05) is 65.7 Å². The van der Waals surface area contributed by atoms with Crippen molar-refractivity contribution in [1.82, 2.24) is 4.72 Å². The van der Waals surface area contributed by atoms with Gasteiger partial charge in [0.15, 0.2) is 0 Å². The average Bonchev–Trinajstić information content (AvgIpc) is 2.74. The standard InChI is InChI=1S/C24H27NO2S2/c1-18-10-14-22(15-11-18)28(26)20(3)24(4,21-8-6-5-7-9-21)25-29(27)23-16-12-19(2)13-17-23/h5-17,20,25H,1-4H3/t20-,24+,28+,29+/m0/s1. The number of hydrogen-bond acceptors (Lipinski definition) is 2. The van der Waals surface area contributed by atoms with Gasteiger partial charge in [0.05, 0.1) is 26.5 Å². The van der Waals surface area contributed by atoms with Gasteiger partial charge in [-0.25, -0.2) is 8.93 Å². The third kappa shape index (κ3) is 4.92. The van der Waals surface area contributed by atoms with Crippen LogP contribution in [0.15, 0.2) is 88.7 Å². The minimum atomic E-state index is -1.44. The summed E-state index contributed by atoms with van der Waals surface area (Å²) in [6, 6.07) is 25.2.